The van der Waals surface area contributed by atoms with Gasteiger partial charge in [-0.3, -0.25) is 14.7 Å². The second kappa shape index (κ2) is 8.81. The zero-order valence-electron chi connectivity index (χ0n) is 15.7. The molecule has 0 saturated heterocycles. The number of benzene rings is 2. The van der Waals surface area contributed by atoms with Crippen LogP contribution < -0.4 is 10.6 Å². The van der Waals surface area contributed by atoms with Crippen molar-refractivity contribution >= 4 is 23.3 Å². The average Bonchev–Trinajstić information content (AvgIpc) is 3.14. The summed E-state index contributed by atoms with van der Waals surface area (Å²) in [6, 6.07) is 17.3. The third-order valence-electron chi connectivity index (χ3n) is 4.34. The smallest absolute Gasteiger partial charge is 0.259 e. The van der Waals surface area contributed by atoms with E-state index in [4.69, 9.17) is 0 Å². The van der Waals surface area contributed by atoms with E-state index in [0.717, 1.165) is 30.2 Å². The van der Waals surface area contributed by atoms with E-state index in [-0.39, 0.29) is 11.8 Å². The summed E-state index contributed by atoms with van der Waals surface area (Å²) in [5, 5.41) is 12.6. The summed E-state index contributed by atoms with van der Waals surface area (Å²) in [5.41, 5.74) is 3.75. The Hall–Kier alpha value is -3.67. The molecule has 1 heterocycles. The number of hydrogen-bond donors (Lipinski definition) is 3. The van der Waals surface area contributed by atoms with Gasteiger partial charge in [0.1, 0.15) is 0 Å². The molecule has 0 saturated carbocycles. The molecule has 6 nitrogen and oxygen atoms in total. The monoisotopic (exact) mass is 374 g/mol. The number of aromatic nitrogens is 2. The second-order valence-electron chi connectivity index (χ2n) is 6.41. The van der Waals surface area contributed by atoms with Gasteiger partial charge in [-0.15, -0.1) is 0 Å². The van der Waals surface area contributed by atoms with Crippen LogP contribution in [0.15, 0.2) is 67.3 Å². The summed E-state index contributed by atoms with van der Waals surface area (Å²) < 4.78 is 0. The van der Waals surface area contributed by atoms with Crippen LogP contribution in [0.3, 0.4) is 0 Å². The van der Waals surface area contributed by atoms with Gasteiger partial charge in [-0.1, -0.05) is 49.0 Å². The maximum absolute atomic E-state index is 12.8. The van der Waals surface area contributed by atoms with Crippen LogP contribution in [0, 0.1) is 6.92 Å². The van der Waals surface area contributed by atoms with Gasteiger partial charge in [0.05, 0.1) is 11.3 Å². The van der Waals surface area contributed by atoms with Crippen molar-refractivity contribution in [2.75, 3.05) is 10.6 Å². The van der Waals surface area contributed by atoms with Crippen LogP contribution in [0.4, 0.5) is 11.5 Å². The minimum atomic E-state index is -0.373. The highest BCUT2D eigenvalue weighted by Gasteiger charge is 2.16. The van der Waals surface area contributed by atoms with Gasteiger partial charge in [0.25, 0.3) is 5.91 Å². The van der Waals surface area contributed by atoms with E-state index in [9.17, 15) is 9.59 Å². The van der Waals surface area contributed by atoms with Crippen LogP contribution in [0.1, 0.15) is 27.2 Å². The SMILES string of the molecule is C=CC(=O)Nc1cccc(C)c1C(=O)Nc1cc(CCc2ccccc2)[nH]n1. The Morgan fingerprint density at radius 3 is 2.61 bits per heavy atom. The van der Waals surface area contributed by atoms with Crippen molar-refractivity contribution in [3.63, 3.8) is 0 Å². The number of nitrogens with zero attached hydrogens (tertiary/aromatic N) is 1. The molecule has 0 unspecified atom stereocenters. The molecule has 0 aliphatic heterocycles. The normalized spacial score (nSPS) is 10.3. The highest BCUT2D eigenvalue weighted by molar-refractivity contribution is 6.11. The molecule has 0 spiro atoms. The lowest BCUT2D eigenvalue weighted by atomic mass is 10.1. The fourth-order valence-corrected chi connectivity index (χ4v) is 2.91. The summed E-state index contributed by atoms with van der Waals surface area (Å²) in [4.78, 5) is 24.4. The van der Waals surface area contributed by atoms with Crippen LogP contribution >= 0.6 is 0 Å². The minimum absolute atomic E-state index is 0.335. The third kappa shape index (κ3) is 4.73. The lowest BCUT2D eigenvalue weighted by molar-refractivity contribution is -0.111. The Labute approximate surface area is 163 Å². The van der Waals surface area contributed by atoms with Crippen LogP contribution in [0.25, 0.3) is 0 Å². The first-order valence-electron chi connectivity index (χ1n) is 8.99. The molecule has 0 aliphatic rings. The number of carbonyl (C=O) groups excluding carboxylic acids is 2. The predicted molar refractivity (Wildman–Crippen MR) is 110 cm³/mol. The number of carbonyl (C=O) groups is 2. The summed E-state index contributed by atoms with van der Waals surface area (Å²) >= 11 is 0. The van der Waals surface area contributed by atoms with Crippen LogP contribution in [-0.4, -0.2) is 22.0 Å². The van der Waals surface area contributed by atoms with Crippen molar-refractivity contribution in [1.82, 2.24) is 10.2 Å². The topological polar surface area (TPSA) is 86.9 Å². The Bertz CT molecular complexity index is 993. The first-order chi connectivity index (χ1) is 13.6. The Morgan fingerprint density at radius 1 is 1.07 bits per heavy atom. The molecule has 2 amide bonds. The number of nitrogens with one attached hydrogen (secondary N) is 3. The summed E-state index contributed by atoms with van der Waals surface area (Å²) in [6.45, 7) is 5.25. The molecule has 0 aliphatic carbocycles. The van der Waals surface area contributed by atoms with Gasteiger partial charge in [-0.05, 0) is 43.0 Å². The molecule has 1 aromatic heterocycles. The number of hydrogen-bond acceptors (Lipinski definition) is 3. The first kappa shape index (κ1) is 19.1. The molecule has 0 radical (unpaired) electrons. The van der Waals surface area contributed by atoms with Gasteiger partial charge in [0.15, 0.2) is 5.82 Å². The Kier molecular flexibility index (Phi) is 6.01. The maximum Gasteiger partial charge on any atom is 0.259 e. The first-order valence-corrected chi connectivity index (χ1v) is 8.99. The quantitative estimate of drug-likeness (QED) is 0.549. The summed E-state index contributed by atoms with van der Waals surface area (Å²) in [6.07, 6.45) is 2.83. The van der Waals surface area contributed by atoms with Crippen LogP contribution in [0.5, 0.6) is 0 Å². The van der Waals surface area contributed by atoms with E-state index < -0.39 is 0 Å². The number of anilines is 2. The molecular formula is C22H22N4O2. The molecule has 28 heavy (non-hydrogen) atoms. The highest BCUT2D eigenvalue weighted by Crippen LogP contribution is 2.21. The van der Waals surface area contributed by atoms with E-state index in [1.807, 2.05) is 37.3 Å². The maximum atomic E-state index is 12.8. The minimum Gasteiger partial charge on any atom is -0.322 e. The molecule has 3 rings (SSSR count). The van der Waals surface area contributed by atoms with E-state index in [0.29, 0.717) is 17.1 Å². The number of amides is 2. The number of rotatable bonds is 7. The average molecular weight is 374 g/mol. The van der Waals surface area contributed by atoms with E-state index >= 15 is 0 Å². The zero-order valence-corrected chi connectivity index (χ0v) is 15.7. The fraction of sp³-hybridized carbons (Fsp3) is 0.136. The van der Waals surface area contributed by atoms with Gasteiger partial charge >= 0.3 is 0 Å². The number of H-pyrrole nitrogens is 1. The molecule has 0 bridgehead atoms. The van der Waals surface area contributed by atoms with Gasteiger partial charge in [-0.2, -0.15) is 5.10 Å². The van der Waals surface area contributed by atoms with E-state index in [1.54, 1.807) is 12.1 Å². The molecule has 0 atom stereocenters. The van der Waals surface area contributed by atoms with Crippen molar-refractivity contribution in [2.24, 2.45) is 0 Å². The van der Waals surface area contributed by atoms with Gasteiger partial charge in [0.2, 0.25) is 5.91 Å². The Morgan fingerprint density at radius 2 is 1.86 bits per heavy atom. The van der Waals surface area contributed by atoms with Gasteiger partial charge in [0, 0.05) is 11.8 Å². The van der Waals surface area contributed by atoms with Gasteiger partial charge < -0.3 is 10.6 Å². The van der Waals surface area contributed by atoms with E-state index in [2.05, 4.69) is 39.5 Å². The van der Waals surface area contributed by atoms with E-state index in [1.165, 1.54) is 5.56 Å². The largest absolute Gasteiger partial charge is 0.322 e. The standard InChI is InChI=1S/C22H22N4O2/c1-3-20(27)23-18-11-7-8-15(2)21(18)22(28)24-19-14-17(25-26-19)13-12-16-9-5-4-6-10-16/h3-11,14H,1,12-13H2,2H3,(H,23,27)(H2,24,25,26,28). The van der Waals surface area contributed by atoms with Crippen LogP contribution in [-0.2, 0) is 17.6 Å². The van der Waals surface area contributed by atoms with Gasteiger partial charge in [-0.25, -0.2) is 0 Å². The zero-order chi connectivity index (χ0) is 19.9. The van der Waals surface area contributed by atoms with Crippen molar-refractivity contribution in [3.8, 4) is 0 Å². The third-order valence-corrected chi connectivity index (χ3v) is 4.34. The van der Waals surface area contributed by atoms with Crippen LogP contribution in [0.2, 0.25) is 0 Å². The fourth-order valence-electron chi connectivity index (χ4n) is 2.91. The van der Waals surface area contributed by atoms with Crippen molar-refractivity contribution < 1.29 is 9.59 Å². The molecular weight excluding hydrogens is 352 g/mol. The number of aryl methyl sites for hydroxylation is 3. The second-order valence-corrected chi connectivity index (χ2v) is 6.41. The molecule has 3 aromatic rings. The predicted octanol–water partition coefficient (Wildman–Crippen LogP) is 3.88. The highest BCUT2D eigenvalue weighted by atomic mass is 16.2. The Balaban J connectivity index is 1.69. The molecule has 2 aromatic carbocycles. The summed E-state index contributed by atoms with van der Waals surface area (Å²) in [5.74, 6) is -0.265. The molecule has 0 fully saturated rings. The lowest BCUT2D eigenvalue weighted by Gasteiger charge is -2.12. The molecule has 3 N–H and O–H groups in total. The molecule has 142 valence electrons. The number of aromatic amines is 1. The van der Waals surface area contributed by atoms with Crippen molar-refractivity contribution in [2.45, 2.75) is 19.8 Å². The molecule has 6 heteroatoms. The lowest BCUT2D eigenvalue weighted by Crippen LogP contribution is -2.18. The van der Waals surface area contributed by atoms with Crippen molar-refractivity contribution in [3.05, 3.63) is 89.6 Å². The van der Waals surface area contributed by atoms with Crippen molar-refractivity contribution in [1.29, 1.82) is 0 Å². The summed E-state index contributed by atoms with van der Waals surface area (Å²) in [7, 11) is 0.